The van der Waals surface area contributed by atoms with Crippen molar-refractivity contribution in [2.24, 2.45) is 11.5 Å². The molecule has 0 aliphatic carbocycles. The highest BCUT2D eigenvalue weighted by Crippen LogP contribution is 2.20. The number of carbonyl (C=O) groups excluding carboxylic acids is 2. The molecule has 0 spiro atoms. The summed E-state index contributed by atoms with van der Waals surface area (Å²) in [6.07, 6.45) is 1.51. The number of nitrogens with two attached hydrogens (primary N) is 2. The summed E-state index contributed by atoms with van der Waals surface area (Å²) in [7, 11) is 0. The fourth-order valence-corrected chi connectivity index (χ4v) is 1.59. The highest BCUT2D eigenvalue weighted by atomic mass is 16.2. The summed E-state index contributed by atoms with van der Waals surface area (Å²) in [5.41, 5.74) is 9.92. The fraction of sp³-hybridized carbons (Fsp3) is 0.778. The van der Waals surface area contributed by atoms with Gasteiger partial charge in [-0.15, -0.1) is 0 Å². The molecule has 80 valence electrons. The van der Waals surface area contributed by atoms with Crippen LogP contribution in [0.25, 0.3) is 0 Å². The van der Waals surface area contributed by atoms with Crippen LogP contribution in [-0.4, -0.2) is 34.8 Å². The Labute approximate surface area is 83.4 Å². The Morgan fingerprint density at radius 1 is 1.57 bits per heavy atom. The van der Waals surface area contributed by atoms with E-state index in [2.05, 4.69) is 0 Å². The zero-order valence-electron chi connectivity index (χ0n) is 8.62. The number of amides is 2. The highest BCUT2D eigenvalue weighted by molar-refractivity contribution is 5.91. The quantitative estimate of drug-likeness (QED) is 0.610. The molecule has 0 bridgehead atoms. The molecule has 1 heterocycles. The molecule has 14 heavy (non-hydrogen) atoms. The maximum atomic E-state index is 11.7. The highest BCUT2D eigenvalue weighted by Gasteiger charge is 2.39. The number of primary amides is 1. The third-order valence-electron chi connectivity index (χ3n) is 2.76. The third kappa shape index (κ3) is 1.72. The molecule has 0 aromatic heterocycles. The molecule has 4 N–H and O–H groups in total. The van der Waals surface area contributed by atoms with E-state index in [1.54, 1.807) is 13.8 Å². The van der Waals surface area contributed by atoms with E-state index in [1.165, 1.54) is 4.90 Å². The first kappa shape index (κ1) is 11.0. The maximum absolute atomic E-state index is 11.7. The predicted octanol–water partition coefficient (Wildman–Crippen LogP) is -0.800. The fourth-order valence-electron chi connectivity index (χ4n) is 1.59. The molecule has 1 unspecified atom stereocenters. The van der Waals surface area contributed by atoms with E-state index < -0.39 is 17.5 Å². The van der Waals surface area contributed by atoms with Crippen LogP contribution in [0, 0.1) is 0 Å². The monoisotopic (exact) mass is 199 g/mol. The summed E-state index contributed by atoms with van der Waals surface area (Å²) >= 11 is 0. The van der Waals surface area contributed by atoms with E-state index in [0.717, 1.165) is 6.42 Å². The molecule has 1 atom stereocenters. The van der Waals surface area contributed by atoms with Crippen molar-refractivity contribution in [2.45, 2.75) is 38.3 Å². The number of rotatable bonds is 2. The normalized spacial score (nSPS) is 23.8. The van der Waals surface area contributed by atoms with Crippen LogP contribution in [0.3, 0.4) is 0 Å². The first-order valence-electron chi connectivity index (χ1n) is 4.74. The molecule has 0 saturated carbocycles. The molecule has 0 radical (unpaired) electrons. The van der Waals surface area contributed by atoms with Crippen LogP contribution >= 0.6 is 0 Å². The lowest BCUT2D eigenvalue weighted by molar-refractivity contribution is -0.147. The summed E-state index contributed by atoms with van der Waals surface area (Å²) < 4.78 is 0. The molecular formula is C9H17N3O2. The van der Waals surface area contributed by atoms with Crippen molar-refractivity contribution in [1.29, 1.82) is 0 Å². The van der Waals surface area contributed by atoms with Gasteiger partial charge >= 0.3 is 0 Å². The molecular weight excluding hydrogens is 182 g/mol. The minimum atomic E-state index is -0.935. The lowest BCUT2D eigenvalue weighted by Gasteiger charge is -2.40. The minimum absolute atomic E-state index is 0.181. The predicted molar refractivity (Wildman–Crippen MR) is 52.2 cm³/mol. The first-order valence-corrected chi connectivity index (χ1v) is 4.74. The van der Waals surface area contributed by atoms with E-state index in [0.29, 0.717) is 13.0 Å². The zero-order valence-corrected chi connectivity index (χ0v) is 8.62. The maximum Gasteiger partial charge on any atom is 0.242 e. The Morgan fingerprint density at radius 2 is 2.14 bits per heavy atom. The topological polar surface area (TPSA) is 89.4 Å². The van der Waals surface area contributed by atoms with Crippen LogP contribution in [0.5, 0.6) is 0 Å². The van der Waals surface area contributed by atoms with E-state index in [4.69, 9.17) is 11.5 Å². The van der Waals surface area contributed by atoms with Crippen molar-refractivity contribution in [3.63, 3.8) is 0 Å². The number of nitrogens with zero attached hydrogens (tertiary/aromatic N) is 1. The van der Waals surface area contributed by atoms with Gasteiger partial charge in [-0.1, -0.05) is 0 Å². The van der Waals surface area contributed by atoms with Crippen LogP contribution in [-0.2, 0) is 9.59 Å². The second kappa shape index (κ2) is 3.57. The summed E-state index contributed by atoms with van der Waals surface area (Å²) in [5, 5.41) is 0. The Hall–Kier alpha value is -1.10. The molecule has 1 rings (SSSR count). The smallest absolute Gasteiger partial charge is 0.242 e. The van der Waals surface area contributed by atoms with Gasteiger partial charge < -0.3 is 16.4 Å². The molecule has 1 saturated heterocycles. The van der Waals surface area contributed by atoms with Crippen LogP contribution < -0.4 is 11.5 Å². The van der Waals surface area contributed by atoms with Gasteiger partial charge in [0.2, 0.25) is 11.8 Å². The summed E-state index contributed by atoms with van der Waals surface area (Å²) in [6, 6.07) is -0.484. The lowest BCUT2D eigenvalue weighted by Crippen LogP contribution is -2.61. The van der Waals surface area contributed by atoms with Crippen molar-refractivity contribution in [1.82, 2.24) is 4.90 Å². The average molecular weight is 199 g/mol. The van der Waals surface area contributed by atoms with Crippen LogP contribution in [0.2, 0.25) is 0 Å². The van der Waals surface area contributed by atoms with Gasteiger partial charge in [-0.05, 0) is 26.7 Å². The van der Waals surface area contributed by atoms with Gasteiger partial charge in [-0.3, -0.25) is 9.59 Å². The number of piperidine rings is 1. The van der Waals surface area contributed by atoms with Crippen molar-refractivity contribution in [2.75, 3.05) is 6.54 Å². The molecule has 5 nitrogen and oxygen atoms in total. The second-order valence-corrected chi connectivity index (χ2v) is 4.16. The van der Waals surface area contributed by atoms with Gasteiger partial charge in [0.1, 0.15) is 5.54 Å². The standard InChI is InChI=1S/C9H17N3O2/c1-9(2,8(11)14)12-5-3-4-6(10)7(12)13/h6H,3-5,10H2,1-2H3,(H2,11,14). The molecule has 2 amide bonds. The number of carbonyl (C=O) groups is 2. The number of hydrogen-bond acceptors (Lipinski definition) is 3. The largest absolute Gasteiger partial charge is 0.368 e. The second-order valence-electron chi connectivity index (χ2n) is 4.16. The Balaban J connectivity index is 2.86. The van der Waals surface area contributed by atoms with E-state index in [1.807, 2.05) is 0 Å². The molecule has 1 aliphatic heterocycles. The van der Waals surface area contributed by atoms with Crippen LogP contribution in [0.15, 0.2) is 0 Å². The van der Waals surface area contributed by atoms with Gasteiger partial charge in [0.05, 0.1) is 6.04 Å². The molecule has 5 heteroatoms. The van der Waals surface area contributed by atoms with E-state index in [-0.39, 0.29) is 5.91 Å². The first-order chi connectivity index (χ1) is 6.37. The summed E-state index contributed by atoms with van der Waals surface area (Å²) in [5.74, 6) is -0.681. The number of likely N-dealkylation sites (tertiary alicyclic amines) is 1. The number of hydrogen-bond donors (Lipinski definition) is 2. The molecule has 1 aliphatic rings. The van der Waals surface area contributed by atoms with Crippen molar-refractivity contribution < 1.29 is 9.59 Å². The van der Waals surface area contributed by atoms with Crippen molar-refractivity contribution in [3.8, 4) is 0 Å². The molecule has 1 fully saturated rings. The third-order valence-corrected chi connectivity index (χ3v) is 2.76. The van der Waals surface area contributed by atoms with Gasteiger partial charge in [-0.2, -0.15) is 0 Å². The minimum Gasteiger partial charge on any atom is -0.368 e. The molecule has 0 aromatic carbocycles. The van der Waals surface area contributed by atoms with Gasteiger partial charge in [0.25, 0.3) is 0 Å². The summed E-state index contributed by atoms with van der Waals surface area (Å²) in [4.78, 5) is 24.3. The van der Waals surface area contributed by atoms with Gasteiger partial charge in [0.15, 0.2) is 0 Å². The lowest BCUT2D eigenvalue weighted by atomic mass is 9.95. The Bertz CT molecular complexity index is 263. The van der Waals surface area contributed by atoms with Crippen LogP contribution in [0.1, 0.15) is 26.7 Å². The van der Waals surface area contributed by atoms with Gasteiger partial charge in [-0.25, -0.2) is 0 Å². The molecule has 0 aromatic rings. The van der Waals surface area contributed by atoms with Crippen LogP contribution in [0.4, 0.5) is 0 Å². The van der Waals surface area contributed by atoms with Crippen molar-refractivity contribution >= 4 is 11.8 Å². The van der Waals surface area contributed by atoms with E-state index >= 15 is 0 Å². The SMILES string of the molecule is CC(C)(C(N)=O)N1CCCC(N)C1=O. The Kier molecular flexibility index (Phi) is 2.80. The Morgan fingerprint density at radius 3 is 2.64 bits per heavy atom. The average Bonchev–Trinajstić information content (AvgIpc) is 2.09. The summed E-state index contributed by atoms with van der Waals surface area (Å²) in [6.45, 7) is 3.85. The zero-order chi connectivity index (χ0) is 10.9. The van der Waals surface area contributed by atoms with Crippen molar-refractivity contribution in [3.05, 3.63) is 0 Å². The van der Waals surface area contributed by atoms with E-state index in [9.17, 15) is 9.59 Å². The van der Waals surface area contributed by atoms with Gasteiger partial charge in [0, 0.05) is 6.54 Å².